The van der Waals surface area contributed by atoms with E-state index in [0.29, 0.717) is 170 Å². The fraction of sp³-hybridized carbons (Fsp3) is 0.948. The Balaban J connectivity index is 0.884. The average molecular weight is 1100 g/mol. The molecule has 5 N–H and O–H groups in total. The Morgan fingerprint density at radius 1 is 0.519 bits per heavy atom. The molecule has 0 heterocycles. The van der Waals surface area contributed by atoms with Crippen molar-refractivity contribution in [3.8, 4) is 0 Å². The molecule has 450 valence electrons. The van der Waals surface area contributed by atoms with Gasteiger partial charge in [-0.05, 0) is 110 Å². The second-order valence-corrected chi connectivity index (χ2v) is 22.7. The van der Waals surface area contributed by atoms with E-state index in [2.05, 4.69) is 39.9 Å². The summed E-state index contributed by atoms with van der Waals surface area (Å²) in [6.07, 6.45) is 14.4. The predicted molar refractivity (Wildman–Crippen MR) is 292 cm³/mol. The monoisotopic (exact) mass is 1100 g/mol. The van der Waals surface area contributed by atoms with Gasteiger partial charge in [-0.2, -0.15) is 0 Å². The zero-order valence-electron chi connectivity index (χ0n) is 48.5. The minimum atomic E-state index is -1.14. The molecule has 0 aromatic carbocycles. The van der Waals surface area contributed by atoms with Gasteiger partial charge in [0.2, 0.25) is 11.8 Å². The van der Waals surface area contributed by atoms with Crippen LogP contribution in [0.5, 0.6) is 0 Å². The molecular weight excluding hydrogens is 995 g/mol. The molecule has 77 heavy (non-hydrogen) atoms. The summed E-state index contributed by atoms with van der Waals surface area (Å²) in [7, 11) is 0. The molecule has 0 saturated heterocycles. The van der Waals surface area contributed by atoms with E-state index in [-0.39, 0.29) is 31.0 Å². The van der Waals surface area contributed by atoms with Crippen LogP contribution in [0, 0.1) is 52.3 Å². The fourth-order valence-electron chi connectivity index (χ4n) is 13.0. The molecule has 0 aromatic heterocycles. The van der Waals surface area contributed by atoms with E-state index in [0.717, 1.165) is 54.8 Å². The number of rotatable bonds is 48. The van der Waals surface area contributed by atoms with Gasteiger partial charge >= 0.3 is 5.97 Å². The van der Waals surface area contributed by atoms with Crippen LogP contribution in [0.15, 0.2) is 0 Å². The molecule has 2 amide bonds. The Labute approximate surface area is 463 Å². The molecule has 19 nitrogen and oxygen atoms in total. The van der Waals surface area contributed by atoms with Gasteiger partial charge in [0.25, 0.3) is 0 Å². The number of amides is 2. The highest BCUT2D eigenvalue weighted by Crippen LogP contribution is 2.68. The lowest BCUT2D eigenvalue weighted by atomic mass is 9.44. The predicted octanol–water partition coefficient (Wildman–Crippen LogP) is 5.93. The molecular formula is C58H107N3O16. The van der Waals surface area contributed by atoms with Crippen LogP contribution in [0.3, 0.4) is 0 Å². The van der Waals surface area contributed by atoms with Crippen LogP contribution in [-0.2, 0) is 76.0 Å². The van der Waals surface area contributed by atoms with Gasteiger partial charge in [0, 0.05) is 13.0 Å². The van der Waals surface area contributed by atoms with E-state index in [4.69, 9.17) is 73.0 Å². The van der Waals surface area contributed by atoms with Gasteiger partial charge in [-0.15, -0.1) is 0 Å². The highest BCUT2D eigenvalue weighted by atomic mass is 16.6. The van der Waals surface area contributed by atoms with Crippen molar-refractivity contribution >= 4 is 17.8 Å². The number of esters is 1. The number of primary amides is 1. The maximum atomic E-state index is 13.2. The topological polar surface area (TPSA) is 235 Å². The van der Waals surface area contributed by atoms with Gasteiger partial charge in [0.1, 0.15) is 12.1 Å². The summed E-state index contributed by atoms with van der Waals surface area (Å²) in [5, 5.41) is 2.61. The zero-order valence-corrected chi connectivity index (χ0v) is 48.5. The molecule has 10 atom stereocenters. The largest absolute Gasteiger partial charge is 0.462 e. The van der Waals surface area contributed by atoms with Gasteiger partial charge in [0.05, 0.1) is 165 Å². The smallest absolute Gasteiger partial charge is 0.308 e. The quantitative estimate of drug-likeness (QED) is 0.0473. The summed E-state index contributed by atoms with van der Waals surface area (Å²) >= 11 is 0. The van der Waals surface area contributed by atoms with E-state index in [1.165, 1.54) is 57.8 Å². The third-order valence-electron chi connectivity index (χ3n) is 17.0. The molecule has 0 bridgehead atoms. The third-order valence-corrected chi connectivity index (χ3v) is 17.0. The molecule has 4 fully saturated rings. The van der Waals surface area contributed by atoms with Crippen LogP contribution >= 0.6 is 0 Å². The molecule has 4 unspecified atom stereocenters. The Bertz CT molecular complexity index is 1550. The molecule has 0 spiro atoms. The van der Waals surface area contributed by atoms with Crippen LogP contribution in [0.4, 0.5) is 0 Å². The fourth-order valence-corrected chi connectivity index (χ4v) is 13.0. The summed E-state index contributed by atoms with van der Waals surface area (Å²) in [4.78, 5) is 38.2. The molecule has 19 heteroatoms. The Kier molecular flexibility index (Phi) is 35.1. The zero-order chi connectivity index (χ0) is 55.4. The van der Waals surface area contributed by atoms with E-state index < -0.39 is 23.8 Å². The maximum Gasteiger partial charge on any atom is 0.308 e. The van der Waals surface area contributed by atoms with Crippen LogP contribution in [0.25, 0.3) is 0 Å². The number of hydrogen-bond donors (Lipinski definition) is 3. The first kappa shape index (κ1) is 67.4. The lowest BCUT2D eigenvalue weighted by Crippen LogP contribution is -2.54. The van der Waals surface area contributed by atoms with Crippen molar-refractivity contribution in [2.75, 3.05) is 165 Å². The molecule has 0 aliphatic heterocycles. The van der Waals surface area contributed by atoms with Crippen molar-refractivity contribution in [2.45, 2.75) is 137 Å². The standard InChI is InChI=1S/C58H107N3O16/c1-45(2)7-6-8-46(3)50-11-12-51-49-10-9-47-43-48(13-16-57(47,4)52(49)14-17-58(50,51)5)77-55(63)44-53(56(60)64)61-54(62)15-19-65-21-23-67-25-27-69-29-31-71-33-35-73-37-39-75-41-42-76-40-38-74-36-34-72-32-30-70-28-26-68-24-22-66-20-18-59/h45-53H,6-44,59H2,1-5H3,(H2,60,64)(H,61,62)/t46-,47?,48-,49?,50+,51?,52?,53+,57-,58+/m0/s1. The van der Waals surface area contributed by atoms with Gasteiger partial charge in [-0.1, -0.05) is 53.9 Å². The van der Waals surface area contributed by atoms with Crippen LogP contribution in [0.1, 0.15) is 125 Å². The van der Waals surface area contributed by atoms with Gasteiger partial charge in [-0.25, -0.2) is 0 Å². The molecule has 4 aliphatic rings. The van der Waals surface area contributed by atoms with Crippen molar-refractivity contribution in [2.24, 2.45) is 63.7 Å². The van der Waals surface area contributed by atoms with Gasteiger partial charge in [-0.3, -0.25) is 14.4 Å². The van der Waals surface area contributed by atoms with Crippen LogP contribution in [-0.4, -0.2) is 195 Å². The SMILES string of the molecule is CC(C)CCC[C@H](C)[C@H]1CCC2C3CCC4C[C@@H](OC(=O)C[C@@H](NC(=O)CCOCCOCCOCCOCCOCCOCCOCCOCCOCCOCCOCCOCCN)C(N)=O)CC[C@]4(C)C3CC[C@@]21C. The maximum absolute atomic E-state index is 13.2. The highest BCUT2D eigenvalue weighted by molar-refractivity contribution is 5.90. The molecule has 4 saturated carbocycles. The summed E-state index contributed by atoms with van der Waals surface area (Å²) < 4.78 is 71.8. The average Bonchev–Trinajstić information content (AvgIpc) is 3.78. The Morgan fingerprint density at radius 2 is 0.948 bits per heavy atom. The number of nitrogens with one attached hydrogen (secondary N) is 1. The van der Waals surface area contributed by atoms with Crippen LogP contribution < -0.4 is 16.8 Å². The number of carbonyl (C=O) groups excluding carboxylic acids is 3. The van der Waals surface area contributed by atoms with Gasteiger partial charge in [0.15, 0.2) is 0 Å². The Hall–Kier alpha value is -2.11. The van der Waals surface area contributed by atoms with E-state index in [1.807, 2.05) is 0 Å². The van der Waals surface area contributed by atoms with Crippen molar-refractivity contribution < 1.29 is 76.0 Å². The normalized spacial score (nSPS) is 25.8. The van der Waals surface area contributed by atoms with Gasteiger partial charge < -0.3 is 78.4 Å². The molecule has 0 aromatic rings. The van der Waals surface area contributed by atoms with E-state index in [1.54, 1.807) is 0 Å². The summed E-state index contributed by atoms with van der Waals surface area (Å²) in [6, 6.07) is -1.14. The summed E-state index contributed by atoms with van der Waals surface area (Å²) in [5.74, 6) is 3.69. The first-order valence-corrected chi connectivity index (χ1v) is 29.8. The minimum absolute atomic E-state index is 0.0135. The lowest BCUT2D eigenvalue weighted by Gasteiger charge is -2.61. The number of nitrogens with two attached hydrogens (primary N) is 2. The highest BCUT2D eigenvalue weighted by Gasteiger charge is 2.60. The summed E-state index contributed by atoms with van der Waals surface area (Å²) in [5.41, 5.74) is 11.7. The van der Waals surface area contributed by atoms with Crippen molar-refractivity contribution in [3.63, 3.8) is 0 Å². The number of carbonyl (C=O) groups is 3. The van der Waals surface area contributed by atoms with Crippen molar-refractivity contribution in [1.82, 2.24) is 5.32 Å². The molecule has 4 aliphatic carbocycles. The second-order valence-electron chi connectivity index (χ2n) is 22.7. The van der Waals surface area contributed by atoms with E-state index >= 15 is 0 Å². The van der Waals surface area contributed by atoms with E-state index in [9.17, 15) is 14.4 Å². The molecule has 4 rings (SSSR count). The number of fused-ring (bicyclic) bond motifs is 5. The molecule has 0 radical (unpaired) electrons. The second kappa shape index (κ2) is 40.1. The third kappa shape index (κ3) is 26.1. The van der Waals surface area contributed by atoms with Crippen LogP contribution in [0.2, 0.25) is 0 Å². The first-order chi connectivity index (χ1) is 37.4. The van der Waals surface area contributed by atoms with Crippen molar-refractivity contribution in [3.05, 3.63) is 0 Å². The van der Waals surface area contributed by atoms with Crippen molar-refractivity contribution in [1.29, 1.82) is 0 Å². The first-order valence-electron chi connectivity index (χ1n) is 29.8. The Morgan fingerprint density at radius 3 is 1.39 bits per heavy atom. The number of ether oxygens (including phenoxy) is 13. The summed E-state index contributed by atoms with van der Waals surface area (Å²) in [6.45, 7) is 23.8. The lowest BCUT2D eigenvalue weighted by molar-refractivity contribution is -0.163. The minimum Gasteiger partial charge on any atom is -0.462 e. The number of hydrogen-bond acceptors (Lipinski definition) is 17.